The predicted octanol–water partition coefficient (Wildman–Crippen LogP) is -0.821. The van der Waals surface area contributed by atoms with Gasteiger partial charge in [0.25, 0.3) is 0 Å². The van der Waals surface area contributed by atoms with Crippen molar-refractivity contribution >= 4 is 29.1 Å². The number of hydrogen-bond acceptors (Lipinski definition) is 4. The van der Waals surface area contributed by atoms with Gasteiger partial charge in [-0.25, -0.2) is 4.79 Å². The minimum absolute atomic E-state index is 0.187. The van der Waals surface area contributed by atoms with Gasteiger partial charge in [0.2, 0.25) is 5.91 Å². The highest BCUT2D eigenvalue weighted by atomic mass is 32.1. The largest absolute Gasteiger partial charge is 0.393 e. The van der Waals surface area contributed by atoms with Gasteiger partial charge in [-0.05, 0) is 25.9 Å². The summed E-state index contributed by atoms with van der Waals surface area (Å²) in [7, 11) is 0. The number of primary amides is 1. The number of nitrogens with one attached hydrogen (secondary N) is 1. The molecule has 16 heavy (non-hydrogen) atoms. The van der Waals surface area contributed by atoms with Crippen LogP contribution < -0.4 is 16.8 Å². The first kappa shape index (κ1) is 12.9. The first-order chi connectivity index (χ1) is 7.49. The Labute approximate surface area is 99.3 Å². The van der Waals surface area contributed by atoms with Crippen LogP contribution in [0.1, 0.15) is 12.8 Å². The Hall–Kier alpha value is -1.21. The van der Waals surface area contributed by atoms with E-state index in [9.17, 15) is 9.59 Å². The van der Waals surface area contributed by atoms with Crippen molar-refractivity contribution in [3.05, 3.63) is 0 Å². The number of imide groups is 1. The van der Waals surface area contributed by atoms with E-state index in [1.807, 2.05) is 10.2 Å². The van der Waals surface area contributed by atoms with E-state index in [1.165, 1.54) is 0 Å². The summed E-state index contributed by atoms with van der Waals surface area (Å²) < 4.78 is 0. The van der Waals surface area contributed by atoms with Crippen LogP contribution >= 0.6 is 12.2 Å². The quantitative estimate of drug-likeness (QED) is 0.563. The van der Waals surface area contributed by atoms with Gasteiger partial charge in [0.05, 0.1) is 11.5 Å². The molecule has 0 saturated carbocycles. The number of amides is 3. The van der Waals surface area contributed by atoms with E-state index in [4.69, 9.17) is 23.7 Å². The first-order valence-corrected chi connectivity index (χ1v) is 5.51. The molecule has 1 heterocycles. The van der Waals surface area contributed by atoms with Crippen molar-refractivity contribution in [2.24, 2.45) is 17.4 Å². The van der Waals surface area contributed by atoms with Gasteiger partial charge in [0.1, 0.15) is 0 Å². The number of hydrogen-bond donors (Lipinski definition) is 3. The number of carbonyl (C=O) groups excluding carboxylic acids is 2. The van der Waals surface area contributed by atoms with Crippen molar-refractivity contribution in [1.82, 2.24) is 10.2 Å². The molecule has 1 saturated heterocycles. The maximum atomic E-state index is 11.2. The van der Waals surface area contributed by atoms with Crippen LogP contribution in [0.15, 0.2) is 0 Å². The molecule has 0 aromatic rings. The van der Waals surface area contributed by atoms with Crippen molar-refractivity contribution in [3.8, 4) is 0 Å². The number of piperidine rings is 1. The van der Waals surface area contributed by atoms with Crippen molar-refractivity contribution < 1.29 is 9.59 Å². The number of nitrogens with zero attached hydrogens (tertiary/aromatic N) is 1. The number of carbonyl (C=O) groups is 2. The Morgan fingerprint density at radius 2 is 1.88 bits per heavy atom. The second-order valence-corrected chi connectivity index (χ2v) is 4.34. The number of likely N-dealkylation sites (tertiary alicyclic amines) is 1. The molecule has 0 bridgehead atoms. The zero-order valence-corrected chi connectivity index (χ0v) is 9.76. The smallest absolute Gasteiger partial charge is 0.318 e. The molecular formula is C9H16N4O2S. The van der Waals surface area contributed by atoms with Crippen molar-refractivity contribution in [2.45, 2.75) is 12.8 Å². The van der Waals surface area contributed by atoms with E-state index >= 15 is 0 Å². The molecule has 0 atom stereocenters. The summed E-state index contributed by atoms with van der Waals surface area (Å²) in [6.07, 6.45) is 1.72. The van der Waals surface area contributed by atoms with Gasteiger partial charge < -0.3 is 11.5 Å². The lowest BCUT2D eigenvalue weighted by atomic mass is 9.97. The fourth-order valence-corrected chi connectivity index (χ4v) is 1.99. The predicted molar refractivity (Wildman–Crippen MR) is 63.7 cm³/mol. The Kier molecular flexibility index (Phi) is 4.63. The Bertz CT molecular complexity index is 300. The summed E-state index contributed by atoms with van der Waals surface area (Å²) in [6, 6.07) is -0.817. The third-order valence-electron chi connectivity index (χ3n) is 2.62. The van der Waals surface area contributed by atoms with Crippen LogP contribution in [0, 0.1) is 5.92 Å². The van der Waals surface area contributed by atoms with Gasteiger partial charge in [0, 0.05) is 5.92 Å². The topological polar surface area (TPSA) is 101 Å². The molecule has 5 N–H and O–H groups in total. The van der Waals surface area contributed by atoms with Gasteiger partial charge in [-0.3, -0.25) is 15.0 Å². The fourth-order valence-electron chi connectivity index (χ4n) is 1.76. The molecule has 0 spiro atoms. The van der Waals surface area contributed by atoms with Gasteiger partial charge >= 0.3 is 6.03 Å². The van der Waals surface area contributed by atoms with Gasteiger partial charge in [-0.15, -0.1) is 0 Å². The van der Waals surface area contributed by atoms with Gasteiger partial charge in [-0.1, -0.05) is 12.2 Å². The van der Waals surface area contributed by atoms with Crippen LogP contribution in [-0.2, 0) is 4.79 Å². The number of nitrogens with two attached hydrogens (primary N) is 2. The highest BCUT2D eigenvalue weighted by Gasteiger charge is 2.22. The molecule has 90 valence electrons. The van der Waals surface area contributed by atoms with Crippen molar-refractivity contribution in [1.29, 1.82) is 0 Å². The first-order valence-electron chi connectivity index (χ1n) is 5.10. The summed E-state index contributed by atoms with van der Waals surface area (Å²) in [6.45, 7) is 1.70. The fraction of sp³-hybridized carbons (Fsp3) is 0.667. The van der Waals surface area contributed by atoms with Crippen LogP contribution in [0.4, 0.5) is 4.79 Å². The molecule has 0 aromatic heterocycles. The molecule has 0 radical (unpaired) electrons. The Morgan fingerprint density at radius 1 is 1.31 bits per heavy atom. The number of urea groups is 1. The lowest BCUT2D eigenvalue weighted by Gasteiger charge is -2.30. The zero-order valence-electron chi connectivity index (χ0n) is 8.94. The monoisotopic (exact) mass is 244 g/mol. The second-order valence-electron chi connectivity index (χ2n) is 3.87. The van der Waals surface area contributed by atoms with Crippen LogP contribution in [-0.4, -0.2) is 41.5 Å². The third-order valence-corrected chi connectivity index (χ3v) is 2.95. The molecule has 1 fully saturated rings. The van der Waals surface area contributed by atoms with E-state index in [0.29, 0.717) is 4.99 Å². The normalized spacial score (nSPS) is 18.0. The summed E-state index contributed by atoms with van der Waals surface area (Å²) in [5.41, 5.74) is 10.4. The highest BCUT2D eigenvalue weighted by Crippen LogP contribution is 2.16. The molecule has 0 aliphatic carbocycles. The molecule has 1 rings (SSSR count). The molecule has 1 aliphatic rings. The SMILES string of the molecule is NC(=O)NC(=O)CN1CCC(C(N)=S)CC1. The Balaban J connectivity index is 2.29. The summed E-state index contributed by atoms with van der Waals surface area (Å²) in [5.74, 6) is -0.105. The molecule has 3 amide bonds. The summed E-state index contributed by atoms with van der Waals surface area (Å²) in [4.78, 5) is 24.2. The third kappa shape index (κ3) is 4.11. The average Bonchev–Trinajstić information content (AvgIpc) is 2.16. The molecule has 7 heteroatoms. The molecular weight excluding hydrogens is 228 g/mol. The summed E-state index contributed by atoms with van der Waals surface area (Å²) >= 11 is 4.92. The maximum absolute atomic E-state index is 11.2. The van der Waals surface area contributed by atoms with E-state index in [-0.39, 0.29) is 18.4 Å². The summed E-state index contributed by atoms with van der Waals surface area (Å²) in [5, 5.41) is 2.03. The molecule has 6 nitrogen and oxygen atoms in total. The minimum atomic E-state index is -0.817. The highest BCUT2D eigenvalue weighted by molar-refractivity contribution is 7.80. The Morgan fingerprint density at radius 3 is 2.31 bits per heavy atom. The van der Waals surface area contributed by atoms with Crippen LogP contribution in [0.25, 0.3) is 0 Å². The van der Waals surface area contributed by atoms with Crippen LogP contribution in [0.3, 0.4) is 0 Å². The molecule has 1 aliphatic heterocycles. The lowest BCUT2D eigenvalue weighted by Crippen LogP contribution is -2.45. The van der Waals surface area contributed by atoms with E-state index in [2.05, 4.69) is 0 Å². The van der Waals surface area contributed by atoms with Crippen molar-refractivity contribution in [3.63, 3.8) is 0 Å². The average molecular weight is 244 g/mol. The second kappa shape index (κ2) is 5.76. The van der Waals surface area contributed by atoms with E-state index < -0.39 is 6.03 Å². The number of thiocarbonyl (C=S) groups is 1. The van der Waals surface area contributed by atoms with Gasteiger partial charge in [-0.2, -0.15) is 0 Å². The maximum Gasteiger partial charge on any atom is 0.318 e. The zero-order chi connectivity index (χ0) is 12.1. The molecule has 0 aromatic carbocycles. The standard InChI is InChI=1S/C9H16N4O2S/c10-8(16)6-1-3-13(4-2-6)5-7(14)12-9(11)15/h6H,1-5H2,(H2,10,16)(H3,11,12,14,15). The van der Waals surface area contributed by atoms with Gasteiger partial charge in [0.15, 0.2) is 0 Å². The lowest BCUT2D eigenvalue weighted by molar-refractivity contribution is -0.121. The van der Waals surface area contributed by atoms with Crippen molar-refractivity contribution in [2.75, 3.05) is 19.6 Å². The van der Waals surface area contributed by atoms with E-state index in [0.717, 1.165) is 25.9 Å². The van der Waals surface area contributed by atoms with E-state index in [1.54, 1.807) is 0 Å². The molecule has 0 unspecified atom stereocenters. The van der Waals surface area contributed by atoms with Crippen LogP contribution in [0.5, 0.6) is 0 Å². The number of rotatable bonds is 3. The van der Waals surface area contributed by atoms with Crippen LogP contribution in [0.2, 0.25) is 0 Å². The minimum Gasteiger partial charge on any atom is -0.393 e.